The van der Waals surface area contributed by atoms with E-state index in [4.69, 9.17) is 4.74 Å². The average molecular weight is 477 g/mol. The normalized spacial score (nSPS) is 44.6. The number of carbonyl (C=O) groups is 1. The Morgan fingerprint density at radius 1 is 1.15 bits per heavy atom. The van der Waals surface area contributed by atoms with Crippen molar-refractivity contribution < 1.29 is 24.9 Å². The lowest BCUT2D eigenvalue weighted by molar-refractivity contribution is -0.238. The number of allylic oxidation sites excluding steroid dienone is 1. The zero-order valence-electron chi connectivity index (χ0n) is 22.1. The number of aliphatic hydroxyl groups is 3. The van der Waals surface area contributed by atoms with Gasteiger partial charge in [0.05, 0.1) is 23.2 Å². The third kappa shape index (κ3) is 4.08. The van der Waals surface area contributed by atoms with E-state index in [0.29, 0.717) is 30.6 Å². The molecule has 0 amide bonds. The lowest BCUT2D eigenvalue weighted by atomic mass is 9.43. The summed E-state index contributed by atoms with van der Waals surface area (Å²) in [6, 6.07) is 0. The van der Waals surface area contributed by atoms with E-state index in [2.05, 4.69) is 33.8 Å². The number of rotatable bonds is 7. The maximum absolute atomic E-state index is 12.5. The van der Waals surface area contributed by atoms with Crippen molar-refractivity contribution in [2.75, 3.05) is 6.61 Å². The Labute approximate surface area is 206 Å². The van der Waals surface area contributed by atoms with Gasteiger partial charge in [-0.2, -0.15) is 0 Å². The third-order valence-electron chi connectivity index (χ3n) is 10.7. The Kier molecular flexibility index (Phi) is 7.32. The van der Waals surface area contributed by atoms with Crippen LogP contribution in [0, 0.1) is 40.4 Å². The number of fused-ring (bicyclic) bond motifs is 5. The number of aliphatic hydroxyl groups excluding tert-OH is 2. The topological polar surface area (TPSA) is 87.0 Å². The van der Waals surface area contributed by atoms with Crippen LogP contribution in [0.2, 0.25) is 0 Å². The Hall–Kier alpha value is -0.910. The zero-order chi connectivity index (χ0) is 24.9. The molecule has 5 heteroatoms. The van der Waals surface area contributed by atoms with Gasteiger partial charge < -0.3 is 20.1 Å². The van der Waals surface area contributed by atoms with Gasteiger partial charge in [0, 0.05) is 13.3 Å². The minimum atomic E-state index is -1.12. The number of carbonyl (C=O) groups excluding carboxylic acids is 1. The van der Waals surface area contributed by atoms with Gasteiger partial charge in [0.2, 0.25) is 0 Å². The maximum atomic E-state index is 12.5. The van der Waals surface area contributed by atoms with Gasteiger partial charge in [-0.05, 0) is 73.5 Å². The largest absolute Gasteiger partial charge is 0.465 e. The first-order valence-electron chi connectivity index (χ1n) is 13.9. The summed E-state index contributed by atoms with van der Waals surface area (Å²) in [4.78, 5) is 11.8. The molecule has 0 saturated heterocycles. The van der Waals surface area contributed by atoms with Gasteiger partial charge in [-0.1, -0.05) is 58.6 Å². The number of esters is 1. The second-order valence-corrected chi connectivity index (χ2v) is 13.0. The highest BCUT2D eigenvalue weighted by Gasteiger charge is 2.69. The molecular formula is C29H48O5. The second kappa shape index (κ2) is 9.52. The summed E-state index contributed by atoms with van der Waals surface area (Å²) in [6.45, 7) is 10.9. The molecule has 0 bridgehead atoms. The van der Waals surface area contributed by atoms with Gasteiger partial charge >= 0.3 is 5.97 Å². The van der Waals surface area contributed by atoms with Crippen LogP contribution in [0.3, 0.4) is 0 Å². The van der Waals surface area contributed by atoms with Crippen LogP contribution in [0.4, 0.5) is 0 Å². The summed E-state index contributed by atoms with van der Waals surface area (Å²) in [5.74, 6) is 2.15. The van der Waals surface area contributed by atoms with Crippen molar-refractivity contribution in [3.8, 4) is 0 Å². The van der Waals surface area contributed by atoms with Crippen molar-refractivity contribution in [1.29, 1.82) is 0 Å². The first-order valence-corrected chi connectivity index (χ1v) is 13.9. The molecule has 34 heavy (non-hydrogen) atoms. The van der Waals surface area contributed by atoms with Gasteiger partial charge in [0.15, 0.2) is 0 Å². The van der Waals surface area contributed by atoms with Crippen molar-refractivity contribution in [1.82, 2.24) is 0 Å². The molecule has 194 valence electrons. The highest BCUT2D eigenvalue weighted by molar-refractivity contribution is 5.66. The number of hydrogen-bond donors (Lipinski definition) is 3. The van der Waals surface area contributed by atoms with Gasteiger partial charge in [0.1, 0.15) is 6.61 Å². The first kappa shape index (κ1) is 26.2. The molecule has 5 nitrogen and oxygen atoms in total. The molecule has 3 saturated carbocycles. The summed E-state index contributed by atoms with van der Waals surface area (Å²) < 4.78 is 5.54. The van der Waals surface area contributed by atoms with E-state index >= 15 is 0 Å². The lowest BCUT2D eigenvalue weighted by Gasteiger charge is -2.64. The van der Waals surface area contributed by atoms with Crippen LogP contribution < -0.4 is 0 Å². The van der Waals surface area contributed by atoms with Crippen molar-refractivity contribution in [3.05, 3.63) is 11.6 Å². The molecule has 9 unspecified atom stereocenters. The van der Waals surface area contributed by atoms with E-state index in [1.807, 2.05) is 0 Å². The Morgan fingerprint density at radius 2 is 1.88 bits per heavy atom. The van der Waals surface area contributed by atoms with Crippen LogP contribution in [-0.4, -0.2) is 45.7 Å². The molecule has 0 aromatic rings. The van der Waals surface area contributed by atoms with E-state index in [9.17, 15) is 20.1 Å². The van der Waals surface area contributed by atoms with Crippen molar-refractivity contribution in [2.24, 2.45) is 40.4 Å². The van der Waals surface area contributed by atoms with Crippen molar-refractivity contribution in [3.63, 3.8) is 0 Å². The SMILES string of the molecule is CC(=O)OCC12C(=CCC3C4CCC(C(C)CCCC(C)C)C4(C)CCC31O)CC(O)CC2O. The van der Waals surface area contributed by atoms with Crippen LogP contribution in [0.15, 0.2) is 11.6 Å². The summed E-state index contributed by atoms with van der Waals surface area (Å²) in [7, 11) is 0. The van der Waals surface area contributed by atoms with Gasteiger partial charge in [-0.15, -0.1) is 0 Å². The van der Waals surface area contributed by atoms with Crippen LogP contribution in [0.5, 0.6) is 0 Å². The standard InChI is InChI=1S/C29H48O5/c1-18(2)7-6-8-19(3)23-11-12-24-25-10-9-21-15-22(31)16-26(32)28(21,17-34-20(4)30)29(25,33)14-13-27(23,24)5/h9,18-19,22-26,31-33H,6-8,10-17H2,1-5H3. The maximum Gasteiger partial charge on any atom is 0.302 e. The fourth-order valence-electron chi connectivity index (χ4n) is 9.02. The quantitative estimate of drug-likeness (QED) is 0.355. The van der Waals surface area contributed by atoms with Gasteiger partial charge in [-0.3, -0.25) is 4.79 Å². The van der Waals surface area contributed by atoms with Crippen LogP contribution in [-0.2, 0) is 9.53 Å². The monoisotopic (exact) mass is 476 g/mol. The molecule has 4 aliphatic carbocycles. The molecule has 0 aromatic heterocycles. The zero-order valence-corrected chi connectivity index (χ0v) is 22.1. The van der Waals surface area contributed by atoms with Crippen LogP contribution >= 0.6 is 0 Å². The second-order valence-electron chi connectivity index (χ2n) is 13.0. The van der Waals surface area contributed by atoms with Crippen LogP contribution in [0.1, 0.15) is 98.8 Å². The number of ether oxygens (including phenoxy) is 1. The highest BCUT2D eigenvalue weighted by Crippen LogP contribution is 2.69. The molecule has 3 fully saturated rings. The van der Waals surface area contributed by atoms with Crippen molar-refractivity contribution >= 4 is 5.97 Å². The van der Waals surface area contributed by atoms with Crippen LogP contribution in [0.25, 0.3) is 0 Å². The predicted molar refractivity (Wildman–Crippen MR) is 133 cm³/mol. The van der Waals surface area contributed by atoms with E-state index in [-0.39, 0.29) is 24.4 Å². The molecule has 4 rings (SSSR count). The van der Waals surface area contributed by atoms with E-state index < -0.39 is 29.2 Å². The smallest absolute Gasteiger partial charge is 0.302 e. The summed E-state index contributed by atoms with van der Waals surface area (Å²) in [5.41, 5.74) is -1.05. The van der Waals surface area contributed by atoms with Gasteiger partial charge in [-0.25, -0.2) is 0 Å². The lowest BCUT2D eigenvalue weighted by Crippen LogP contribution is -2.69. The Morgan fingerprint density at radius 3 is 2.56 bits per heavy atom. The minimum Gasteiger partial charge on any atom is -0.465 e. The van der Waals surface area contributed by atoms with E-state index in [0.717, 1.165) is 30.8 Å². The molecule has 3 N–H and O–H groups in total. The number of hydrogen-bond acceptors (Lipinski definition) is 5. The third-order valence-corrected chi connectivity index (χ3v) is 10.7. The van der Waals surface area contributed by atoms with E-state index in [1.54, 1.807) is 0 Å². The summed E-state index contributed by atoms with van der Waals surface area (Å²) in [6.07, 6.45) is 9.79. The molecular weight excluding hydrogens is 428 g/mol. The summed E-state index contributed by atoms with van der Waals surface area (Å²) >= 11 is 0. The fourth-order valence-corrected chi connectivity index (χ4v) is 9.02. The van der Waals surface area contributed by atoms with Gasteiger partial charge in [0.25, 0.3) is 0 Å². The first-order chi connectivity index (χ1) is 16.0. The average Bonchev–Trinajstić information content (AvgIpc) is 3.09. The predicted octanol–water partition coefficient (Wildman–Crippen LogP) is 5.02. The fraction of sp³-hybridized carbons (Fsp3) is 0.897. The summed E-state index contributed by atoms with van der Waals surface area (Å²) in [5, 5.41) is 34.3. The molecule has 0 heterocycles. The molecule has 0 radical (unpaired) electrons. The molecule has 0 aliphatic heterocycles. The molecule has 0 spiro atoms. The highest BCUT2D eigenvalue weighted by atomic mass is 16.5. The van der Waals surface area contributed by atoms with Crippen molar-refractivity contribution in [2.45, 2.75) is 117 Å². The Bertz CT molecular complexity index is 791. The minimum absolute atomic E-state index is 0.00643. The molecule has 0 aromatic carbocycles. The molecule has 4 aliphatic rings. The molecule has 9 atom stereocenters. The Balaban J connectivity index is 1.63. The van der Waals surface area contributed by atoms with E-state index in [1.165, 1.54) is 32.6 Å².